The van der Waals surface area contributed by atoms with Crippen LogP contribution >= 0.6 is 27.5 Å². The maximum atomic E-state index is 6.25. The van der Waals surface area contributed by atoms with E-state index in [0.29, 0.717) is 13.2 Å². The highest BCUT2D eigenvalue weighted by molar-refractivity contribution is 9.10. The Morgan fingerprint density at radius 2 is 1.69 bits per heavy atom. The Balaban J connectivity index is 1.54. The second-order valence-corrected chi connectivity index (χ2v) is 8.27. The van der Waals surface area contributed by atoms with Gasteiger partial charge in [-0.1, -0.05) is 76.1 Å². The molecule has 4 aromatic carbocycles. The van der Waals surface area contributed by atoms with Crippen molar-refractivity contribution in [2.45, 2.75) is 20.1 Å². The summed E-state index contributed by atoms with van der Waals surface area (Å²) in [7, 11) is 0. The summed E-state index contributed by atoms with van der Waals surface area (Å²) >= 11 is 9.82. The fourth-order valence-electron chi connectivity index (χ4n) is 3.39. The van der Waals surface area contributed by atoms with Crippen LogP contribution in [-0.4, -0.2) is 0 Å². The van der Waals surface area contributed by atoms with Crippen molar-refractivity contribution in [2.24, 2.45) is 0 Å². The number of fused-ring (bicyclic) bond motifs is 1. The Hall–Kier alpha value is -2.49. The van der Waals surface area contributed by atoms with E-state index in [1.807, 2.05) is 37.3 Å². The molecule has 4 heteroatoms. The first kappa shape index (κ1) is 19.8. The van der Waals surface area contributed by atoms with Crippen LogP contribution in [0, 0.1) is 6.92 Å². The molecule has 0 amide bonds. The van der Waals surface area contributed by atoms with Gasteiger partial charge in [0.05, 0.1) is 0 Å². The van der Waals surface area contributed by atoms with Crippen molar-refractivity contribution < 1.29 is 4.74 Å². The van der Waals surface area contributed by atoms with E-state index in [1.165, 1.54) is 16.3 Å². The van der Waals surface area contributed by atoms with E-state index < -0.39 is 0 Å². The van der Waals surface area contributed by atoms with Gasteiger partial charge in [-0.05, 0) is 59.2 Å². The predicted molar refractivity (Wildman–Crippen MR) is 126 cm³/mol. The number of hydrogen-bond donors (Lipinski definition) is 1. The van der Waals surface area contributed by atoms with Crippen LogP contribution in [-0.2, 0) is 13.2 Å². The number of halogens is 2. The zero-order chi connectivity index (χ0) is 20.2. The van der Waals surface area contributed by atoms with Gasteiger partial charge in [-0.3, -0.25) is 0 Å². The number of ether oxygens (including phenoxy) is 1. The highest BCUT2D eigenvalue weighted by Crippen LogP contribution is 2.28. The lowest BCUT2D eigenvalue weighted by Crippen LogP contribution is -2.05. The average molecular weight is 467 g/mol. The van der Waals surface area contributed by atoms with Crippen LogP contribution in [0.25, 0.3) is 10.8 Å². The van der Waals surface area contributed by atoms with Crippen molar-refractivity contribution in [3.8, 4) is 5.75 Å². The molecule has 4 aromatic rings. The van der Waals surface area contributed by atoms with Gasteiger partial charge in [0.25, 0.3) is 0 Å². The largest absolute Gasteiger partial charge is 0.489 e. The summed E-state index contributed by atoms with van der Waals surface area (Å²) in [6.07, 6.45) is 0. The summed E-state index contributed by atoms with van der Waals surface area (Å²) < 4.78 is 7.26. The quantitative estimate of drug-likeness (QED) is 0.313. The second-order valence-electron chi connectivity index (χ2n) is 6.94. The van der Waals surface area contributed by atoms with E-state index >= 15 is 0 Å². The number of rotatable bonds is 6. The van der Waals surface area contributed by atoms with Crippen LogP contribution in [0.3, 0.4) is 0 Å². The van der Waals surface area contributed by atoms with Gasteiger partial charge >= 0.3 is 0 Å². The Morgan fingerprint density at radius 1 is 0.897 bits per heavy atom. The highest BCUT2D eigenvalue weighted by atomic mass is 79.9. The third-order valence-electron chi connectivity index (χ3n) is 5.02. The van der Waals surface area contributed by atoms with Gasteiger partial charge in [-0.25, -0.2) is 0 Å². The Morgan fingerprint density at radius 3 is 2.59 bits per heavy atom. The molecule has 0 saturated carbocycles. The molecular weight excluding hydrogens is 446 g/mol. The summed E-state index contributed by atoms with van der Waals surface area (Å²) in [5.41, 5.74) is 4.33. The van der Waals surface area contributed by atoms with Crippen LogP contribution in [0.1, 0.15) is 16.7 Å². The number of nitrogens with one attached hydrogen (secondary N) is 1. The van der Waals surface area contributed by atoms with E-state index in [1.54, 1.807) is 0 Å². The minimum absolute atomic E-state index is 0.520. The first-order chi connectivity index (χ1) is 14.1. The lowest BCUT2D eigenvalue weighted by molar-refractivity contribution is 0.304. The third kappa shape index (κ3) is 4.58. The van der Waals surface area contributed by atoms with E-state index in [0.717, 1.165) is 32.1 Å². The summed E-state index contributed by atoms with van der Waals surface area (Å²) in [4.78, 5) is 0. The average Bonchev–Trinajstić information content (AvgIpc) is 2.74. The van der Waals surface area contributed by atoms with Crippen molar-refractivity contribution >= 4 is 44.0 Å². The van der Waals surface area contributed by atoms with Crippen LogP contribution in [0.4, 0.5) is 5.69 Å². The second kappa shape index (κ2) is 8.89. The van der Waals surface area contributed by atoms with Crippen LogP contribution in [0.5, 0.6) is 5.75 Å². The van der Waals surface area contributed by atoms with E-state index in [9.17, 15) is 0 Å². The molecule has 0 bridgehead atoms. The Labute approximate surface area is 184 Å². The number of anilines is 1. The molecule has 29 heavy (non-hydrogen) atoms. The van der Waals surface area contributed by atoms with E-state index in [-0.39, 0.29) is 0 Å². The first-order valence-electron chi connectivity index (χ1n) is 9.48. The van der Waals surface area contributed by atoms with Crippen molar-refractivity contribution in [1.82, 2.24) is 0 Å². The fraction of sp³-hybridized carbons (Fsp3) is 0.120. The Bertz CT molecular complexity index is 1150. The smallest absolute Gasteiger partial charge is 0.124 e. The molecule has 0 atom stereocenters. The molecule has 2 nitrogen and oxygen atoms in total. The Kier molecular flexibility index (Phi) is 6.08. The molecular formula is C25H21BrClNO. The zero-order valence-corrected chi connectivity index (χ0v) is 18.4. The minimum Gasteiger partial charge on any atom is -0.489 e. The molecule has 0 aliphatic carbocycles. The van der Waals surface area contributed by atoms with Gasteiger partial charge < -0.3 is 10.1 Å². The monoisotopic (exact) mass is 465 g/mol. The minimum atomic E-state index is 0.520. The van der Waals surface area contributed by atoms with E-state index in [2.05, 4.69) is 69.8 Å². The first-order valence-corrected chi connectivity index (χ1v) is 10.7. The molecule has 0 heterocycles. The topological polar surface area (TPSA) is 21.3 Å². The van der Waals surface area contributed by atoms with Crippen molar-refractivity contribution in [2.75, 3.05) is 5.32 Å². The molecule has 146 valence electrons. The van der Waals surface area contributed by atoms with Crippen LogP contribution in [0.15, 0.2) is 83.3 Å². The van der Waals surface area contributed by atoms with Crippen molar-refractivity contribution in [3.05, 3.63) is 105 Å². The van der Waals surface area contributed by atoms with Gasteiger partial charge in [0, 0.05) is 27.3 Å². The summed E-state index contributed by atoms with van der Waals surface area (Å²) in [5.74, 6) is 0.869. The molecule has 0 spiro atoms. The molecule has 0 unspecified atom stereocenters. The molecule has 0 aromatic heterocycles. The van der Waals surface area contributed by atoms with Crippen LogP contribution in [0.2, 0.25) is 5.02 Å². The van der Waals surface area contributed by atoms with Gasteiger partial charge in [0.2, 0.25) is 0 Å². The lowest BCUT2D eigenvalue weighted by atomic mass is 10.1. The lowest BCUT2D eigenvalue weighted by Gasteiger charge is -2.15. The molecule has 0 fully saturated rings. The zero-order valence-electron chi connectivity index (χ0n) is 16.1. The third-order valence-corrected chi connectivity index (χ3v) is 5.93. The molecule has 4 rings (SSSR count). The van der Waals surface area contributed by atoms with Crippen LogP contribution < -0.4 is 10.1 Å². The van der Waals surface area contributed by atoms with Crippen molar-refractivity contribution in [3.63, 3.8) is 0 Å². The van der Waals surface area contributed by atoms with Gasteiger partial charge in [0.1, 0.15) is 12.4 Å². The van der Waals surface area contributed by atoms with E-state index in [4.69, 9.17) is 16.3 Å². The summed E-state index contributed by atoms with van der Waals surface area (Å²) in [6, 6.07) is 26.7. The van der Waals surface area contributed by atoms with Crippen molar-refractivity contribution in [1.29, 1.82) is 0 Å². The number of hydrogen-bond acceptors (Lipinski definition) is 2. The number of benzene rings is 4. The fourth-order valence-corrected chi connectivity index (χ4v) is 3.97. The molecule has 0 aliphatic heterocycles. The molecule has 0 radical (unpaired) electrons. The SMILES string of the molecule is Cc1c(Cl)cccc1NCc1cc(Br)ccc1OCc1cccc2ccccc12. The maximum absolute atomic E-state index is 6.25. The molecule has 0 saturated heterocycles. The molecule has 0 aliphatic rings. The standard InChI is InChI=1S/C25H21BrClNO/c1-17-23(27)10-5-11-24(17)28-15-20-14-21(26)12-13-25(20)29-16-19-8-4-7-18-6-2-3-9-22(18)19/h2-14,28H,15-16H2,1H3. The van der Waals surface area contributed by atoms with Gasteiger partial charge in [-0.2, -0.15) is 0 Å². The normalized spacial score (nSPS) is 10.9. The van der Waals surface area contributed by atoms with Gasteiger partial charge in [-0.15, -0.1) is 0 Å². The summed E-state index contributed by atoms with van der Waals surface area (Å²) in [5, 5.41) is 6.69. The summed E-state index contributed by atoms with van der Waals surface area (Å²) in [6.45, 7) is 3.18. The maximum Gasteiger partial charge on any atom is 0.124 e. The predicted octanol–water partition coefficient (Wildman–Crippen LogP) is 7.76. The molecule has 1 N–H and O–H groups in total. The highest BCUT2D eigenvalue weighted by Gasteiger charge is 2.09. The van der Waals surface area contributed by atoms with Gasteiger partial charge in [0.15, 0.2) is 0 Å².